The molecule has 10 heteroatoms. The molecule has 0 bridgehead atoms. The Morgan fingerprint density at radius 3 is 2.38 bits per heavy atom. The predicted octanol–water partition coefficient (Wildman–Crippen LogP) is 2.28. The first-order valence-electron chi connectivity index (χ1n) is 11.2. The van der Waals surface area contributed by atoms with Crippen molar-refractivity contribution in [2.75, 3.05) is 5.73 Å². The standard InChI is InChI=1S/C24H28N8O2/c1-15(2)30-20(33)14-32-13-18(12-29-32)21(34)31-22(25)24(8-3-9-24)19-6-4-16(5-7-19)17-10-27-23(26)28-11-17/h4-7,10-13,15H,3,8-9,14H2,1-2H3,(H,30,33)(H2,25,31,34)(H2,26,27,28). The van der Waals surface area contributed by atoms with E-state index in [0.29, 0.717) is 5.56 Å². The van der Waals surface area contributed by atoms with E-state index in [-0.39, 0.29) is 30.3 Å². The highest BCUT2D eigenvalue weighted by molar-refractivity contribution is 6.09. The molecule has 0 unspecified atom stereocenters. The summed E-state index contributed by atoms with van der Waals surface area (Å²) < 4.78 is 1.41. The summed E-state index contributed by atoms with van der Waals surface area (Å²) in [5, 5.41) is 18.3. The highest BCUT2D eigenvalue weighted by Crippen LogP contribution is 2.44. The molecule has 1 fully saturated rings. The molecule has 0 saturated heterocycles. The third-order valence-electron chi connectivity index (χ3n) is 6.02. The van der Waals surface area contributed by atoms with Gasteiger partial charge in [0.25, 0.3) is 5.91 Å². The molecule has 0 atom stereocenters. The number of nitrogens with one attached hydrogen (secondary N) is 3. The van der Waals surface area contributed by atoms with Gasteiger partial charge in [-0.25, -0.2) is 9.97 Å². The number of nitrogens with zero attached hydrogens (tertiary/aromatic N) is 4. The summed E-state index contributed by atoms with van der Waals surface area (Å²) in [4.78, 5) is 32.8. The molecular formula is C24H28N8O2. The average molecular weight is 461 g/mol. The molecule has 1 aliphatic rings. The lowest BCUT2D eigenvalue weighted by molar-refractivity contribution is -0.122. The molecule has 3 aromatic rings. The minimum atomic E-state index is -0.529. The van der Waals surface area contributed by atoms with Crippen LogP contribution in [0.5, 0.6) is 0 Å². The SMILES string of the molecule is CC(C)NC(=O)Cn1cc(C(=O)NC(=N)C2(c3ccc(-c4cnc(N)nc4)cc3)CCC2)cn1. The molecule has 1 aliphatic carbocycles. The molecular weight excluding hydrogens is 432 g/mol. The molecule has 10 nitrogen and oxygen atoms in total. The van der Waals surface area contributed by atoms with Crippen molar-refractivity contribution in [1.82, 2.24) is 30.4 Å². The first-order chi connectivity index (χ1) is 16.3. The second kappa shape index (κ2) is 9.42. The van der Waals surface area contributed by atoms with Crippen LogP contribution in [0.1, 0.15) is 49.0 Å². The van der Waals surface area contributed by atoms with Crippen molar-refractivity contribution < 1.29 is 9.59 Å². The number of anilines is 1. The summed E-state index contributed by atoms with van der Waals surface area (Å²) in [7, 11) is 0. The molecule has 0 aliphatic heterocycles. The number of carbonyl (C=O) groups is 2. The zero-order chi connectivity index (χ0) is 24.3. The molecule has 1 aromatic carbocycles. The maximum Gasteiger partial charge on any atom is 0.259 e. The van der Waals surface area contributed by atoms with Crippen molar-refractivity contribution in [1.29, 1.82) is 5.41 Å². The Hall–Kier alpha value is -4.08. The molecule has 0 spiro atoms. The Morgan fingerprint density at radius 2 is 1.79 bits per heavy atom. The molecule has 1 saturated carbocycles. The molecule has 5 N–H and O–H groups in total. The van der Waals surface area contributed by atoms with E-state index < -0.39 is 11.3 Å². The van der Waals surface area contributed by atoms with E-state index in [1.807, 2.05) is 38.1 Å². The van der Waals surface area contributed by atoms with Crippen LogP contribution in [0.4, 0.5) is 5.95 Å². The number of hydrogen-bond donors (Lipinski definition) is 4. The van der Waals surface area contributed by atoms with Gasteiger partial charge in [-0.2, -0.15) is 5.10 Å². The van der Waals surface area contributed by atoms with E-state index in [1.54, 1.807) is 12.4 Å². The Morgan fingerprint density at radius 1 is 1.12 bits per heavy atom. The minimum absolute atomic E-state index is 0.0260. The summed E-state index contributed by atoms with van der Waals surface area (Å²) in [6.45, 7) is 3.78. The van der Waals surface area contributed by atoms with Crippen LogP contribution in [0, 0.1) is 5.41 Å². The van der Waals surface area contributed by atoms with Crippen molar-refractivity contribution in [3.8, 4) is 11.1 Å². The Kier molecular flexibility index (Phi) is 6.40. The third-order valence-corrected chi connectivity index (χ3v) is 6.02. The van der Waals surface area contributed by atoms with Crippen molar-refractivity contribution in [2.24, 2.45) is 0 Å². The zero-order valence-electron chi connectivity index (χ0n) is 19.2. The smallest absolute Gasteiger partial charge is 0.259 e. The van der Waals surface area contributed by atoms with Gasteiger partial charge < -0.3 is 16.4 Å². The normalized spacial score (nSPS) is 14.3. The van der Waals surface area contributed by atoms with Crippen LogP contribution >= 0.6 is 0 Å². The van der Waals surface area contributed by atoms with Gasteiger partial charge >= 0.3 is 0 Å². The molecule has 34 heavy (non-hydrogen) atoms. The summed E-state index contributed by atoms with van der Waals surface area (Å²) in [6.07, 6.45) is 8.81. The number of amides is 2. The fraction of sp³-hybridized carbons (Fsp3) is 0.333. The monoisotopic (exact) mass is 460 g/mol. The summed E-state index contributed by atoms with van der Waals surface area (Å²) in [5.41, 5.74) is 8.11. The lowest BCUT2D eigenvalue weighted by Gasteiger charge is -2.42. The van der Waals surface area contributed by atoms with Crippen LogP contribution in [0.25, 0.3) is 11.1 Å². The van der Waals surface area contributed by atoms with Gasteiger partial charge in [0.2, 0.25) is 11.9 Å². The van der Waals surface area contributed by atoms with Gasteiger partial charge in [-0.1, -0.05) is 30.7 Å². The van der Waals surface area contributed by atoms with E-state index in [4.69, 9.17) is 11.1 Å². The van der Waals surface area contributed by atoms with Crippen molar-refractivity contribution >= 4 is 23.6 Å². The summed E-state index contributed by atoms with van der Waals surface area (Å²) in [5.74, 6) is -0.206. The third kappa shape index (κ3) is 4.80. The Labute approximate surface area is 197 Å². The van der Waals surface area contributed by atoms with Crippen LogP contribution in [0.3, 0.4) is 0 Å². The lowest BCUT2D eigenvalue weighted by Crippen LogP contribution is -2.50. The van der Waals surface area contributed by atoms with Crippen molar-refractivity contribution in [3.05, 3.63) is 60.2 Å². The fourth-order valence-corrected chi connectivity index (χ4v) is 4.07. The van der Waals surface area contributed by atoms with Gasteiger partial charge in [0.15, 0.2) is 0 Å². The van der Waals surface area contributed by atoms with E-state index in [2.05, 4.69) is 25.7 Å². The molecule has 0 radical (unpaired) electrons. The van der Waals surface area contributed by atoms with Crippen LogP contribution in [-0.4, -0.2) is 43.4 Å². The van der Waals surface area contributed by atoms with Crippen LogP contribution in [0.2, 0.25) is 0 Å². The summed E-state index contributed by atoms with van der Waals surface area (Å²) in [6, 6.07) is 7.92. The van der Waals surface area contributed by atoms with Gasteiger partial charge in [0, 0.05) is 30.2 Å². The van der Waals surface area contributed by atoms with Crippen molar-refractivity contribution in [3.63, 3.8) is 0 Å². The number of nitrogen functional groups attached to an aromatic ring is 1. The van der Waals surface area contributed by atoms with Gasteiger partial charge in [-0.05, 0) is 37.8 Å². The lowest BCUT2D eigenvalue weighted by atomic mass is 9.63. The van der Waals surface area contributed by atoms with Crippen LogP contribution < -0.4 is 16.4 Å². The molecule has 4 rings (SSSR count). The number of rotatable bonds is 7. The molecule has 176 valence electrons. The number of benzene rings is 1. The maximum absolute atomic E-state index is 12.8. The average Bonchev–Trinajstić information content (AvgIpc) is 3.22. The van der Waals surface area contributed by atoms with Gasteiger partial charge in [-0.3, -0.25) is 19.7 Å². The molecule has 2 amide bonds. The largest absolute Gasteiger partial charge is 0.368 e. The number of hydrogen-bond acceptors (Lipinski definition) is 7. The Balaban J connectivity index is 1.44. The molecule has 2 heterocycles. The number of carbonyl (C=O) groups excluding carboxylic acids is 2. The second-order valence-corrected chi connectivity index (χ2v) is 8.82. The molecule has 2 aromatic heterocycles. The highest BCUT2D eigenvalue weighted by atomic mass is 16.2. The van der Waals surface area contributed by atoms with E-state index >= 15 is 0 Å². The maximum atomic E-state index is 12.8. The number of amidine groups is 1. The van der Waals surface area contributed by atoms with Crippen LogP contribution in [-0.2, 0) is 16.8 Å². The van der Waals surface area contributed by atoms with E-state index in [9.17, 15) is 9.59 Å². The first kappa shape index (κ1) is 23.1. The highest BCUT2D eigenvalue weighted by Gasteiger charge is 2.43. The first-order valence-corrected chi connectivity index (χ1v) is 11.2. The Bertz CT molecular complexity index is 1190. The predicted molar refractivity (Wildman–Crippen MR) is 128 cm³/mol. The minimum Gasteiger partial charge on any atom is -0.368 e. The second-order valence-electron chi connectivity index (χ2n) is 8.82. The van der Waals surface area contributed by atoms with Crippen LogP contribution in [0.15, 0.2) is 49.1 Å². The van der Waals surface area contributed by atoms with E-state index in [0.717, 1.165) is 36.0 Å². The fourth-order valence-electron chi connectivity index (χ4n) is 4.07. The van der Waals surface area contributed by atoms with Gasteiger partial charge in [0.05, 0.1) is 17.2 Å². The quantitative estimate of drug-likeness (QED) is 0.314. The zero-order valence-corrected chi connectivity index (χ0v) is 19.2. The number of aromatic nitrogens is 4. The van der Waals surface area contributed by atoms with E-state index in [1.165, 1.54) is 17.1 Å². The summed E-state index contributed by atoms with van der Waals surface area (Å²) >= 11 is 0. The van der Waals surface area contributed by atoms with Gasteiger partial charge in [-0.15, -0.1) is 0 Å². The van der Waals surface area contributed by atoms with Gasteiger partial charge in [0.1, 0.15) is 12.4 Å². The number of nitrogens with two attached hydrogens (primary N) is 1. The topological polar surface area (TPSA) is 152 Å². The van der Waals surface area contributed by atoms with Crippen molar-refractivity contribution in [2.45, 2.75) is 51.1 Å².